The van der Waals surface area contributed by atoms with Gasteiger partial charge in [-0.2, -0.15) is 0 Å². The molecule has 2 heterocycles. The third-order valence-corrected chi connectivity index (χ3v) is 4.25. The van der Waals surface area contributed by atoms with Crippen molar-refractivity contribution in [3.63, 3.8) is 0 Å². The summed E-state index contributed by atoms with van der Waals surface area (Å²) in [6, 6.07) is 7.60. The Morgan fingerprint density at radius 1 is 1.31 bits per heavy atom. The number of anilines is 2. The topological polar surface area (TPSA) is 71.7 Å². The summed E-state index contributed by atoms with van der Waals surface area (Å²) >= 11 is 6.09. The van der Waals surface area contributed by atoms with Gasteiger partial charge in [0, 0.05) is 12.1 Å². The van der Waals surface area contributed by atoms with Crippen LogP contribution in [0, 0.1) is 5.82 Å². The van der Waals surface area contributed by atoms with Crippen molar-refractivity contribution in [1.82, 2.24) is 14.4 Å². The summed E-state index contributed by atoms with van der Waals surface area (Å²) in [5.41, 5.74) is 1.94. The van der Waals surface area contributed by atoms with E-state index in [9.17, 15) is 9.50 Å². The van der Waals surface area contributed by atoms with Gasteiger partial charge in [0.25, 0.3) is 0 Å². The minimum atomic E-state index is -0.494. The van der Waals surface area contributed by atoms with E-state index in [1.54, 1.807) is 29.1 Å². The third kappa shape index (κ3) is 2.66. The quantitative estimate of drug-likeness (QED) is 0.551. The number of nitrogens with one attached hydrogen (secondary N) is 1. The summed E-state index contributed by atoms with van der Waals surface area (Å²) in [6.45, 7) is 2.25. The SMILES string of the molecule is CCOc1cc2c(cc1O)nc(Nc1c(F)cccc1Cl)c1cncn12. The van der Waals surface area contributed by atoms with Crippen LogP contribution in [0.15, 0.2) is 42.9 Å². The zero-order chi connectivity index (χ0) is 18.3. The summed E-state index contributed by atoms with van der Waals surface area (Å²) in [5.74, 6) is 0.202. The Labute approximate surface area is 152 Å². The minimum Gasteiger partial charge on any atom is -0.504 e. The molecule has 0 unspecified atom stereocenters. The van der Waals surface area contributed by atoms with Gasteiger partial charge in [-0.15, -0.1) is 0 Å². The number of aromatic nitrogens is 3. The van der Waals surface area contributed by atoms with Crippen molar-refractivity contribution in [2.24, 2.45) is 0 Å². The van der Waals surface area contributed by atoms with Gasteiger partial charge < -0.3 is 15.2 Å². The number of imidazole rings is 1. The van der Waals surface area contributed by atoms with Gasteiger partial charge in [-0.1, -0.05) is 17.7 Å². The molecule has 0 aliphatic rings. The number of phenolic OH excluding ortho intramolecular Hbond substituents is 1. The van der Waals surface area contributed by atoms with Crippen LogP contribution in [-0.4, -0.2) is 26.1 Å². The zero-order valence-electron chi connectivity index (χ0n) is 13.7. The lowest BCUT2D eigenvalue weighted by molar-refractivity contribution is 0.318. The molecule has 0 aliphatic carbocycles. The predicted octanol–water partition coefficient (Wildman–Crippen LogP) is 4.52. The molecular formula is C18H14ClFN4O2. The van der Waals surface area contributed by atoms with Crippen LogP contribution in [0.1, 0.15) is 6.92 Å². The minimum absolute atomic E-state index is 0.0267. The van der Waals surface area contributed by atoms with Crippen molar-refractivity contribution in [1.29, 1.82) is 0 Å². The maximum atomic E-state index is 14.1. The van der Waals surface area contributed by atoms with E-state index in [0.717, 1.165) is 0 Å². The standard InChI is InChI=1S/C18H14ClFN4O2/c1-2-26-16-7-13-12(6-15(16)25)22-18(14-8-21-9-24(13)14)23-17-10(19)4-3-5-11(17)20/h3-9,25H,2H2,1H3,(H,22,23). The number of phenols is 1. The maximum absolute atomic E-state index is 14.1. The molecule has 132 valence electrons. The van der Waals surface area contributed by atoms with Crippen LogP contribution in [0.2, 0.25) is 5.02 Å². The average molecular weight is 373 g/mol. The molecule has 26 heavy (non-hydrogen) atoms. The van der Waals surface area contributed by atoms with E-state index in [-0.39, 0.29) is 16.5 Å². The van der Waals surface area contributed by atoms with Gasteiger partial charge in [0.1, 0.15) is 11.3 Å². The molecule has 0 saturated carbocycles. The smallest absolute Gasteiger partial charge is 0.163 e. The number of hydrogen-bond acceptors (Lipinski definition) is 5. The van der Waals surface area contributed by atoms with Gasteiger partial charge in [0.2, 0.25) is 0 Å². The van der Waals surface area contributed by atoms with Crippen LogP contribution in [0.5, 0.6) is 11.5 Å². The van der Waals surface area contributed by atoms with Gasteiger partial charge in [0.15, 0.2) is 17.3 Å². The molecule has 0 amide bonds. The molecule has 0 atom stereocenters. The molecule has 4 rings (SSSR count). The van der Waals surface area contributed by atoms with Crippen molar-refractivity contribution in [3.05, 3.63) is 53.7 Å². The Morgan fingerprint density at radius 3 is 2.92 bits per heavy atom. The zero-order valence-corrected chi connectivity index (χ0v) is 14.5. The number of nitrogens with zero attached hydrogens (tertiary/aromatic N) is 3. The molecule has 0 spiro atoms. The highest BCUT2D eigenvalue weighted by Crippen LogP contribution is 2.34. The summed E-state index contributed by atoms with van der Waals surface area (Å²) in [6.07, 6.45) is 3.22. The molecule has 6 nitrogen and oxygen atoms in total. The number of hydrogen-bond donors (Lipinski definition) is 2. The molecule has 0 saturated heterocycles. The van der Waals surface area contributed by atoms with Crippen LogP contribution in [0.25, 0.3) is 16.6 Å². The first-order chi connectivity index (χ1) is 12.6. The van der Waals surface area contributed by atoms with Crippen LogP contribution in [-0.2, 0) is 0 Å². The fourth-order valence-corrected chi connectivity index (χ4v) is 2.98. The molecule has 0 bridgehead atoms. The van der Waals surface area contributed by atoms with E-state index in [1.807, 2.05) is 6.92 Å². The second kappa shape index (κ2) is 6.34. The van der Waals surface area contributed by atoms with E-state index in [0.29, 0.717) is 34.7 Å². The van der Waals surface area contributed by atoms with Crippen LogP contribution in [0.3, 0.4) is 0 Å². The first kappa shape index (κ1) is 16.4. The fraction of sp³-hybridized carbons (Fsp3) is 0.111. The molecule has 2 aromatic carbocycles. The number of aromatic hydroxyl groups is 1. The van der Waals surface area contributed by atoms with Gasteiger partial charge in [-0.25, -0.2) is 14.4 Å². The predicted molar refractivity (Wildman–Crippen MR) is 98.0 cm³/mol. The first-order valence-electron chi connectivity index (χ1n) is 7.91. The highest BCUT2D eigenvalue weighted by Gasteiger charge is 2.15. The summed E-state index contributed by atoms with van der Waals surface area (Å²) in [5, 5.41) is 13.3. The summed E-state index contributed by atoms with van der Waals surface area (Å²) in [7, 11) is 0. The molecule has 8 heteroatoms. The molecule has 4 aromatic rings. The molecule has 0 aliphatic heterocycles. The lowest BCUT2D eigenvalue weighted by Gasteiger charge is -2.13. The number of halogens is 2. The lowest BCUT2D eigenvalue weighted by Crippen LogP contribution is -2.02. The molecular weight excluding hydrogens is 359 g/mol. The van der Waals surface area contributed by atoms with Crippen molar-refractivity contribution < 1.29 is 14.2 Å². The van der Waals surface area contributed by atoms with Crippen molar-refractivity contribution in [2.75, 3.05) is 11.9 Å². The second-order valence-corrected chi connectivity index (χ2v) is 5.98. The highest BCUT2D eigenvalue weighted by molar-refractivity contribution is 6.33. The van der Waals surface area contributed by atoms with E-state index in [2.05, 4.69) is 15.3 Å². The second-order valence-electron chi connectivity index (χ2n) is 5.57. The Hall–Kier alpha value is -3.06. The van der Waals surface area contributed by atoms with Crippen LogP contribution >= 0.6 is 11.6 Å². The molecule has 2 N–H and O–H groups in total. The Bertz CT molecular complexity index is 1110. The number of fused-ring (bicyclic) bond motifs is 3. The first-order valence-corrected chi connectivity index (χ1v) is 8.29. The van der Waals surface area contributed by atoms with Crippen molar-refractivity contribution >= 4 is 39.7 Å². The largest absolute Gasteiger partial charge is 0.504 e. The number of rotatable bonds is 4. The van der Waals surface area contributed by atoms with E-state index in [1.165, 1.54) is 18.2 Å². The monoisotopic (exact) mass is 372 g/mol. The number of ether oxygens (including phenoxy) is 1. The third-order valence-electron chi connectivity index (χ3n) is 3.94. The Balaban J connectivity index is 1.93. The normalized spacial score (nSPS) is 11.2. The van der Waals surface area contributed by atoms with E-state index < -0.39 is 5.82 Å². The van der Waals surface area contributed by atoms with Crippen LogP contribution < -0.4 is 10.1 Å². The van der Waals surface area contributed by atoms with E-state index >= 15 is 0 Å². The maximum Gasteiger partial charge on any atom is 0.163 e. The molecule has 0 fully saturated rings. The molecule has 2 aromatic heterocycles. The van der Waals surface area contributed by atoms with E-state index in [4.69, 9.17) is 16.3 Å². The van der Waals surface area contributed by atoms with Gasteiger partial charge in [-0.3, -0.25) is 4.40 Å². The summed E-state index contributed by atoms with van der Waals surface area (Å²) in [4.78, 5) is 8.65. The van der Waals surface area contributed by atoms with Crippen molar-refractivity contribution in [3.8, 4) is 11.5 Å². The van der Waals surface area contributed by atoms with Gasteiger partial charge >= 0.3 is 0 Å². The van der Waals surface area contributed by atoms with Gasteiger partial charge in [-0.05, 0) is 19.1 Å². The fourth-order valence-electron chi connectivity index (χ4n) is 2.77. The van der Waals surface area contributed by atoms with Crippen molar-refractivity contribution in [2.45, 2.75) is 6.92 Å². The Morgan fingerprint density at radius 2 is 2.15 bits per heavy atom. The van der Waals surface area contributed by atoms with Gasteiger partial charge in [0.05, 0.1) is 40.9 Å². The number of para-hydroxylation sites is 1. The highest BCUT2D eigenvalue weighted by atomic mass is 35.5. The summed E-state index contributed by atoms with van der Waals surface area (Å²) < 4.78 is 21.3. The lowest BCUT2D eigenvalue weighted by atomic mass is 10.2. The Kier molecular flexibility index (Phi) is 4.00. The average Bonchev–Trinajstić information content (AvgIpc) is 3.10. The molecule has 0 radical (unpaired) electrons. The van der Waals surface area contributed by atoms with Crippen LogP contribution in [0.4, 0.5) is 15.9 Å². The number of benzene rings is 2.